The fourth-order valence-corrected chi connectivity index (χ4v) is 4.95. The Labute approximate surface area is 192 Å². The van der Waals surface area contributed by atoms with Crippen LogP contribution in [0.15, 0.2) is 24.3 Å². The molecule has 0 saturated carbocycles. The van der Waals surface area contributed by atoms with Gasteiger partial charge in [-0.3, -0.25) is 4.79 Å². The first kappa shape index (κ1) is 22.7. The monoisotopic (exact) mass is 478 g/mol. The van der Waals surface area contributed by atoms with Crippen molar-refractivity contribution in [1.82, 2.24) is 9.99 Å². The lowest BCUT2D eigenvalue weighted by molar-refractivity contribution is -0.197. The molecular weight excluding hydrogens is 456 g/mol. The molecule has 2 unspecified atom stereocenters. The van der Waals surface area contributed by atoms with Crippen molar-refractivity contribution >= 4 is 61.6 Å². The van der Waals surface area contributed by atoms with E-state index in [9.17, 15) is 19.8 Å². The zero-order chi connectivity index (χ0) is 23.8. The minimum Gasteiger partial charge on any atom is -0.443 e. The first-order valence-corrected chi connectivity index (χ1v) is 11.0. The molecule has 11 heteroatoms. The average Bonchev–Trinajstić information content (AvgIpc) is 3.02. The highest BCUT2D eigenvalue weighted by atomic mass is 35.5. The van der Waals surface area contributed by atoms with Crippen LogP contribution in [0.4, 0.5) is 10.5 Å². The van der Waals surface area contributed by atoms with Crippen molar-refractivity contribution < 1.29 is 24.5 Å². The number of hydrogen-bond acceptors (Lipinski definition) is 8. The highest BCUT2D eigenvalue weighted by Crippen LogP contribution is 2.49. The number of carbonyl (C=O) groups excluding carboxylic acids is 2. The van der Waals surface area contributed by atoms with Crippen LogP contribution in [0.2, 0.25) is 5.15 Å². The zero-order valence-electron chi connectivity index (χ0n) is 18.1. The summed E-state index contributed by atoms with van der Waals surface area (Å²) < 4.78 is 6.20. The lowest BCUT2D eigenvalue weighted by Crippen LogP contribution is -2.71. The number of benzene rings is 1. The highest BCUT2D eigenvalue weighted by Gasteiger charge is 2.59. The maximum atomic E-state index is 13.4. The summed E-state index contributed by atoms with van der Waals surface area (Å²) in [6.45, 7) is 7.36. The third-order valence-electron chi connectivity index (χ3n) is 5.48. The minimum atomic E-state index is -2.36. The predicted molar refractivity (Wildman–Crippen MR) is 122 cm³/mol. The Hall–Kier alpha value is -2.50. The molecule has 170 valence electrons. The van der Waals surface area contributed by atoms with Gasteiger partial charge in [0.05, 0.1) is 11.2 Å². The molecule has 4 N–H and O–H groups in total. The Balaban J connectivity index is 2.14. The number of nitrogens with zero attached hydrogens (tertiary/aromatic N) is 3. The number of halogens is 1. The summed E-state index contributed by atoms with van der Waals surface area (Å²) >= 11 is 7.13. The molecule has 2 aromatic heterocycles. The molecule has 1 aromatic carbocycles. The van der Waals surface area contributed by atoms with Crippen LogP contribution in [0.3, 0.4) is 0 Å². The van der Waals surface area contributed by atoms with Gasteiger partial charge in [-0.1, -0.05) is 11.6 Å². The van der Waals surface area contributed by atoms with E-state index in [1.165, 1.54) is 6.92 Å². The van der Waals surface area contributed by atoms with E-state index in [-0.39, 0.29) is 15.7 Å². The number of hydrazine groups is 1. The van der Waals surface area contributed by atoms with Gasteiger partial charge in [-0.15, -0.1) is 11.3 Å². The van der Waals surface area contributed by atoms with E-state index in [4.69, 9.17) is 22.2 Å². The Morgan fingerprint density at radius 1 is 1.19 bits per heavy atom. The van der Waals surface area contributed by atoms with Crippen LogP contribution < -0.4 is 10.7 Å². The van der Waals surface area contributed by atoms with Crippen LogP contribution in [0.1, 0.15) is 44.3 Å². The molecule has 0 radical (unpaired) electrons. The maximum absolute atomic E-state index is 13.4. The summed E-state index contributed by atoms with van der Waals surface area (Å²) in [7, 11) is 0. The van der Waals surface area contributed by atoms with Gasteiger partial charge in [0.15, 0.2) is 11.4 Å². The fourth-order valence-electron chi connectivity index (χ4n) is 3.66. The van der Waals surface area contributed by atoms with Crippen LogP contribution in [0.25, 0.3) is 21.0 Å². The van der Waals surface area contributed by atoms with Gasteiger partial charge in [-0.2, -0.15) is 0 Å². The number of hydrogen-bond donors (Lipinski definition) is 3. The molecule has 1 aliphatic heterocycles. The molecule has 2 amide bonds. The normalized spacial score (nSPS) is 24.1. The SMILES string of the molecule is CC(C)(C)OC(=O)N1c2c(sc3ccc4nc(Cl)ccc4c23)C(=O)N(N)C(C)(O)C1(C)O. The molecule has 3 heterocycles. The smallest absolute Gasteiger partial charge is 0.417 e. The first-order chi connectivity index (χ1) is 14.7. The van der Waals surface area contributed by atoms with Gasteiger partial charge in [0, 0.05) is 15.5 Å². The van der Waals surface area contributed by atoms with Crippen LogP contribution >= 0.6 is 22.9 Å². The molecule has 1 aliphatic rings. The number of rotatable bonds is 0. The lowest BCUT2D eigenvalue weighted by atomic mass is 10.00. The number of thiophene rings is 1. The summed E-state index contributed by atoms with van der Waals surface area (Å²) in [6, 6.07) is 6.80. The molecule has 0 bridgehead atoms. The highest BCUT2D eigenvalue weighted by molar-refractivity contribution is 7.21. The Kier molecular flexibility index (Phi) is 4.96. The minimum absolute atomic E-state index is 0.0638. The number of carbonyl (C=O) groups is 2. The van der Waals surface area contributed by atoms with Crippen LogP contribution in [0.5, 0.6) is 0 Å². The summed E-state index contributed by atoms with van der Waals surface area (Å²) in [5.74, 6) is 5.21. The lowest BCUT2D eigenvalue weighted by Gasteiger charge is -2.46. The number of aromatic nitrogens is 1. The van der Waals surface area contributed by atoms with Gasteiger partial charge < -0.3 is 14.9 Å². The van der Waals surface area contributed by atoms with E-state index in [0.717, 1.165) is 23.2 Å². The molecule has 0 aliphatic carbocycles. The van der Waals surface area contributed by atoms with Gasteiger partial charge in [0.25, 0.3) is 5.91 Å². The quantitative estimate of drug-likeness (QED) is 0.256. The number of aliphatic hydroxyl groups is 2. The number of pyridine rings is 1. The molecule has 0 fully saturated rings. The largest absolute Gasteiger partial charge is 0.443 e. The van der Waals surface area contributed by atoms with Crippen LogP contribution in [0, 0.1) is 0 Å². The summed E-state index contributed by atoms with van der Waals surface area (Å²) in [6.07, 6.45) is -0.953. The van der Waals surface area contributed by atoms with Crippen molar-refractivity contribution in [1.29, 1.82) is 0 Å². The third kappa shape index (κ3) is 3.22. The van der Waals surface area contributed by atoms with E-state index < -0.39 is 29.1 Å². The van der Waals surface area contributed by atoms with E-state index in [1.807, 2.05) is 0 Å². The second kappa shape index (κ2) is 7.00. The molecule has 4 rings (SSSR count). The van der Waals surface area contributed by atoms with Crippen molar-refractivity contribution in [2.45, 2.75) is 51.7 Å². The van der Waals surface area contributed by atoms with Gasteiger partial charge in [0.1, 0.15) is 15.6 Å². The topological polar surface area (TPSA) is 129 Å². The average molecular weight is 479 g/mol. The maximum Gasteiger partial charge on any atom is 0.417 e. The Morgan fingerprint density at radius 3 is 2.47 bits per heavy atom. The number of anilines is 1. The molecule has 32 heavy (non-hydrogen) atoms. The van der Waals surface area contributed by atoms with E-state index in [0.29, 0.717) is 26.0 Å². The Bertz CT molecular complexity index is 1280. The second-order valence-electron chi connectivity index (χ2n) is 8.95. The van der Waals surface area contributed by atoms with E-state index in [1.54, 1.807) is 45.0 Å². The number of amides is 2. The summed E-state index contributed by atoms with van der Waals surface area (Å²) in [4.78, 5) is 32.0. The van der Waals surface area contributed by atoms with Gasteiger partial charge in [-0.25, -0.2) is 25.5 Å². The molecule has 0 saturated heterocycles. The summed E-state index contributed by atoms with van der Waals surface area (Å²) in [5.41, 5.74) is -5.01. The van der Waals surface area contributed by atoms with Gasteiger partial charge in [-0.05, 0) is 58.9 Å². The van der Waals surface area contributed by atoms with Crippen molar-refractivity contribution in [3.63, 3.8) is 0 Å². The van der Waals surface area contributed by atoms with Crippen LogP contribution in [-0.4, -0.2) is 49.3 Å². The van der Waals surface area contributed by atoms with Gasteiger partial charge in [0.2, 0.25) is 0 Å². The first-order valence-electron chi connectivity index (χ1n) is 9.76. The molecular formula is C21H23ClN4O5S. The van der Waals surface area contributed by atoms with E-state index in [2.05, 4.69) is 4.98 Å². The Morgan fingerprint density at radius 2 is 1.84 bits per heavy atom. The molecule has 0 spiro atoms. The van der Waals surface area contributed by atoms with Crippen molar-refractivity contribution in [3.05, 3.63) is 34.3 Å². The number of ether oxygens (including phenoxy) is 1. The fraction of sp³-hybridized carbons (Fsp3) is 0.381. The molecule has 2 atom stereocenters. The molecule has 9 nitrogen and oxygen atoms in total. The van der Waals surface area contributed by atoms with Crippen LogP contribution in [-0.2, 0) is 4.74 Å². The van der Waals surface area contributed by atoms with E-state index >= 15 is 0 Å². The van der Waals surface area contributed by atoms with Crippen molar-refractivity contribution in [3.8, 4) is 0 Å². The second-order valence-corrected chi connectivity index (χ2v) is 10.4. The van der Waals surface area contributed by atoms with Crippen molar-refractivity contribution in [2.24, 2.45) is 5.84 Å². The standard InChI is InChI=1S/C21H23ClN4O5S/c1-19(2,3)31-18(28)25-15-14-10-6-9-13(22)24-11(10)7-8-12(14)32-16(15)17(27)26(23)21(5,30)20(25,4)29/h6-9,29-30H,23H2,1-5H3. The summed E-state index contributed by atoms with van der Waals surface area (Å²) in [5, 5.41) is 24.5. The number of nitrogens with two attached hydrogens (primary N) is 1. The number of fused-ring (bicyclic) bond motifs is 5. The van der Waals surface area contributed by atoms with Crippen molar-refractivity contribution in [2.75, 3.05) is 4.90 Å². The predicted octanol–water partition coefficient (Wildman–Crippen LogP) is 3.59. The molecule has 3 aromatic rings. The third-order valence-corrected chi connectivity index (χ3v) is 6.82. The van der Waals surface area contributed by atoms with Gasteiger partial charge >= 0.3 is 6.09 Å². The zero-order valence-corrected chi connectivity index (χ0v) is 19.7.